The van der Waals surface area contributed by atoms with Crippen LogP contribution in [-0.2, 0) is 0 Å². The van der Waals surface area contributed by atoms with Crippen molar-refractivity contribution in [1.29, 1.82) is 0 Å². The Bertz CT molecular complexity index is 792. The van der Waals surface area contributed by atoms with Crippen LogP contribution in [0.4, 0.5) is 0 Å². The molecule has 28 heavy (non-hydrogen) atoms. The molecule has 0 spiro atoms. The summed E-state index contributed by atoms with van der Waals surface area (Å²) in [4.78, 5) is 7.66. The molecule has 0 amide bonds. The number of piperazine rings is 1. The highest BCUT2D eigenvalue weighted by Gasteiger charge is 2.27. The molecule has 0 bridgehead atoms. The van der Waals surface area contributed by atoms with Gasteiger partial charge in [-0.15, -0.1) is 0 Å². The van der Waals surface area contributed by atoms with Crippen LogP contribution < -0.4 is 0 Å². The van der Waals surface area contributed by atoms with Gasteiger partial charge in [-0.05, 0) is 49.1 Å². The number of fused-ring (bicyclic) bond motifs is 2. The molecule has 0 radical (unpaired) electrons. The zero-order valence-corrected chi connectivity index (χ0v) is 17.9. The van der Waals surface area contributed by atoms with Crippen LogP contribution in [0.5, 0.6) is 0 Å². The number of rotatable bonds is 7. The molecule has 2 aromatic rings. The summed E-state index contributed by atoms with van der Waals surface area (Å²) in [5.74, 6) is 0.442. The van der Waals surface area contributed by atoms with E-state index in [-0.39, 0.29) is 0 Å². The summed E-state index contributed by atoms with van der Waals surface area (Å²) < 4.78 is 0. The van der Waals surface area contributed by atoms with Gasteiger partial charge in [-0.2, -0.15) is 0 Å². The lowest BCUT2D eigenvalue weighted by Gasteiger charge is -2.35. The summed E-state index contributed by atoms with van der Waals surface area (Å²) in [6.07, 6.45) is 3.25. The van der Waals surface area contributed by atoms with Crippen LogP contribution >= 0.6 is 23.4 Å². The van der Waals surface area contributed by atoms with Crippen molar-refractivity contribution in [2.75, 3.05) is 45.9 Å². The average molecular weight is 417 g/mol. The van der Waals surface area contributed by atoms with E-state index in [1.807, 2.05) is 17.8 Å². The summed E-state index contributed by atoms with van der Waals surface area (Å²) in [5.41, 5.74) is 2.85. The minimum Gasteiger partial charge on any atom is -0.396 e. The van der Waals surface area contributed by atoms with Crippen molar-refractivity contribution in [2.24, 2.45) is 0 Å². The van der Waals surface area contributed by atoms with E-state index >= 15 is 0 Å². The minimum absolute atomic E-state index is 0.298. The first-order chi connectivity index (χ1) is 13.8. The standard InChI is InChI=1S/C23H29ClN2OS/c24-21-9-3-7-20-18(19-6-1-2-10-22(19)28-23(20)21)8-4-11-25-13-15-26(16-14-25)12-5-17-27/h1-3,6-7,9-10,18,27H,4-5,8,11-17H2. The maximum absolute atomic E-state index is 9.00. The maximum atomic E-state index is 9.00. The molecule has 1 saturated heterocycles. The van der Waals surface area contributed by atoms with Crippen molar-refractivity contribution in [3.05, 3.63) is 58.6 Å². The van der Waals surface area contributed by atoms with E-state index in [0.717, 1.165) is 57.1 Å². The molecule has 5 heteroatoms. The van der Waals surface area contributed by atoms with Gasteiger partial charge in [0.15, 0.2) is 0 Å². The Labute approximate surface area is 177 Å². The predicted molar refractivity (Wildman–Crippen MR) is 118 cm³/mol. The Morgan fingerprint density at radius 2 is 1.57 bits per heavy atom. The molecule has 0 aliphatic carbocycles. The summed E-state index contributed by atoms with van der Waals surface area (Å²) >= 11 is 8.35. The zero-order valence-electron chi connectivity index (χ0n) is 16.3. The Hall–Kier alpha value is -1.04. The highest BCUT2D eigenvalue weighted by Crippen LogP contribution is 2.49. The van der Waals surface area contributed by atoms with Gasteiger partial charge in [-0.25, -0.2) is 0 Å². The molecule has 1 N–H and O–H groups in total. The summed E-state index contributed by atoms with van der Waals surface area (Å²) in [5, 5.41) is 9.87. The first-order valence-electron chi connectivity index (χ1n) is 10.4. The lowest BCUT2D eigenvalue weighted by molar-refractivity contribution is 0.123. The van der Waals surface area contributed by atoms with Gasteiger partial charge in [0, 0.05) is 55.0 Å². The summed E-state index contributed by atoms with van der Waals surface area (Å²) in [6.45, 7) is 7.03. The third kappa shape index (κ3) is 4.58. The van der Waals surface area contributed by atoms with Gasteiger partial charge in [0.1, 0.15) is 0 Å². The molecule has 2 heterocycles. The van der Waals surface area contributed by atoms with E-state index in [1.54, 1.807) is 0 Å². The van der Waals surface area contributed by atoms with Crippen LogP contribution in [0.15, 0.2) is 52.3 Å². The van der Waals surface area contributed by atoms with E-state index in [0.29, 0.717) is 12.5 Å². The molecular formula is C23H29ClN2OS. The second kappa shape index (κ2) is 9.64. The molecular weight excluding hydrogens is 388 g/mol. The Kier molecular flexibility index (Phi) is 6.97. The largest absolute Gasteiger partial charge is 0.396 e. The van der Waals surface area contributed by atoms with Crippen molar-refractivity contribution >= 4 is 23.4 Å². The lowest BCUT2D eigenvalue weighted by atomic mass is 9.87. The number of hydrogen-bond donors (Lipinski definition) is 1. The Morgan fingerprint density at radius 1 is 0.893 bits per heavy atom. The van der Waals surface area contributed by atoms with E-state index in [4.69, 9.17) is 16.7 Å². The second-order valence-corrected chi connectivity index (χ2v) is 9.21. The Balaban J connectivity index is 1.37. The van der Waals surface area contributed by atoms with E-state index in [9.17, 15) is 0 Å². The fourth-order valence-corrected chi connectivity index (χ4v) is 5.89. The monoisotopic (exact) mass is 416 g/mol. The van der Waals surface area contributed by atoms with Crippen LogP contribution in [0.25, 0.3) is 0 Å². The number of aliphatic hydroxyl groups is 1. The van der Waals surface area contributed by atoms with Crippen LogP contribution in [-0.4, -0.2) is 60.8 Å². The maximum Gasteiger partial charge on any atom is 0.0548 e. The highest BCUT2D eigenvalue weighted by atomic mass is 35.5. The second-order valence-electron chi connectivity index (χ2n) is 7.75. The van der Waals surface area contributed by atoms with Crippen molar-refractivity contribution < 1.29 is 5.11 Å². The van der Waals surface area contributed by atoms with Crippen molar-refractivity contribution in [3.8, 4) is 0 Å². The third-order valence-electron chi connectivity index (χ3n) is 5.94. The number of hydrogen-bond acceptors (Lipinski definition) is 4. The van der Waals surface area contributed by atoms with Crippen LogP contribution in [0.1, 0.15) is 36.3 Å². The van der Waals surface area contributed by atoms with E-state index < -0.39 is 0 Å². The van der Waals surface area contributed by atoms with E-state index in [2.05, 4.69) is 46.2 Å². The van der Waals surface area contributed by atoms with Gasteiger partial charge in [0.2, 0.25) is 0 Å². The van der Waals surface area contributed by atoms with Crippen molar-refractivity contribution in [2.45, 2.75) is 35.0 Å². The molecule has 4 rings (SSSR count). The Morgan fingerprint density at radius 3 is 2.32 bits per heavy atom. The molecule has 0 aromatic heterocycles. The summed E-state index contributed by atoms with van der Waals surface area (Å²) in [7, 11) is 0. The fourth-order valence-electron chi connectivity index (χ4n) is 4.41. The SMILES string of the molecule is OCCCN1CCN(CCCC2c3ccccc3Sc3c(Cl)cccc32)CC1. The quantitative estimate of drug-likeness (QED) is 0.706. The van der Waals surface area contributed by atoms with Gasteiger partial charge in [-0.3, -0.25) is 0 Å². The van der Waals surface area contributed by atoms with Crippen LogP contribution in [0, 0.1) is 0 Å². The first-order valence-corrected chi connectivity index (χ1v) is 11.6. The lowest BCUT2D eigenvalue weighted by Crippen LogP contribution is -2.46. The van der Waals surface area contributed by atoms with Crippen LogP contribution in [0.2, 0.25) is 5.02 Å². The number of halogens is 1. The highest BCUT2D eigenvalue weighted by molar-refractivity contribution is 7.99. The molecule has 2 aromatic carbocycles. The molecule has 150 valence electrons. The normalized spacial score (nSPS) is 20.0. The smallest absolute Gasteiger partial charge is 0.0548 e. The molecule has 1 fully saturated rings. The molecule has 1 atom stereocenters. The minimum atomic E-state index is 0.298. The van der Waals surface area contributed by atoms with Gasteiger partial charge in [0.05, 0.1) is 5.02 Å². The molecule has 3 nitrogen and oxygen atoms in total. The molecule has 2 aliphatic heterocycles. The molecule has 1 unspecified atom stereocenters. The number of benzene rings is 2. The van der Waals surface area contributed by atoms with E-state index in [1.165, 1.54) is 27.3 Å². The summed E-state index contributed by atoms with van der Waals surface area (Å²) in [6, 6.07) is 15.2. The van der Waals surface area contributed by atoms with Crippen LogP contribution in [0.3, 0.4) is 0 Å². The number of nitrogens with zero attached hydrogens (tertiary/aromatic N) is 2. The molecule has 0 saturated carbocycles. The van der Waals surface area contributed by atoms with Gasteiger partial charge >= 0.3 is 0 Å². The zero-order chi connectivity index (χ0) is 19.3. The fraction of sp³-hybridized carbons (Fsp3) is 0.478. The van der Waals surface area contributed by atoms with Gasteiger partial charge < -0.3 is 14.9 Å². The number of aliphatic hydroxyl groups excluding tert-OH is 1. The van der Waals surface area contributed by atoms with Gasteiger partial charge in [-0.1, -0.05) is 53.7 Å². The van der Waals surface area contributed by atoms with Crippen molar-refractivity contribution in [3.63, 3.8) is 0 Å². The first kappa shape index (κ1) is 20.2. The van der Waals surface area contributed by atoms with Crippen molar-refractivity contribution in [1.82, 2.24) is 9.80 Å². The molecule has 2 aliphatic rings. The van der Waals surface area contributed by atoms with Gasteiger partial charge in [0.25, 0.3) is 0 Å². The predicted octanol–water partition coefficient (Wildman–Crippen LogP) is 4.72. The third-order valence-corrected chi connectivity index (χ3v) is 7.62. The topological polar surface area (TPSA) is 26.7 Å². The average Bonchev–Trinajstić information content (AvgIpc) is 2.73.